The molecule has 3 heterocycles. The van der Waals surface area contributed by atoms with Crippen LogP contribution in [0.3, 0.4) is 0 Å². The Hall–Kier alpha value is -2.75. The third-order valence-corrected chi connectivity index (χ3v) is 5.49. The van der Waals surface area contributed by atoms with Crippen molar-refractivity contribution in [1.82, 2.24) is 4.98 Å². The summed E-state index contributed by atoms with van der Waals surface area (Å²) in [6, 6.07) is 5.56. The predicted octanol–water partition coefficient (Wildman–Crippen LogP) is 3.75. The van der Waals surface area contributed by atoms with E-state index >= 15 is 0 Å². The molecule has 0 spiro atoms. The predicted molar refractivity (Wildman–Crippen MR) is 96.8 cm³/mol. The van der Waals surface area contributed by atoms with Crippen LogP contribution in [0, 0.1) is 23.2 Å². The standard InChI is InChI=1S/C20H23N3O4/c1-13-4-5-15(11-13)26-20(24)14-6-8-23(9-7-14)19-16(12-21)22-18(27-19)17-3-2-10-25-17/h2-3,10,13-15H,4-9,11H2,1H3. The number of hydrogen-bond donors (Lipinski definition) is 0. The van der Waals surface area contributed by atoms with Crippen LogP contribution in [0.25, 0.3) is 11.7 Å². The summed E-state index contributed by atoms with van der Waals surface area (Å²) < 4.78 is 16.8. The van der Waals surface area contributed by atoms with Gasteiger partial charge in [0.2, 0.25) is 11.6 Å². The monoisotopic (exact) mass is 369 g/mol. The Morgan fingerprint density at radius 2 is 2.15 bits per heavy atom. The number of furan rings is 1. The van der Waals surface area contributed by atoms with Gasteiger partial charge in [-0.1, -0.05) is 6.92 Å². The van der Waals surface area contributed by atoms with Crippen molar-refractivity contribution in [1.29, 1.82) is 5.26 Å². The van der Waals surface area contributed by atoms with Crippen LogP contribution in [-0.2, 0) is 9.53 Å². The Labute approximate surface area is 157 Å². The quantitative estimate of drug-likeness (QED) is 0.758. The van der Waals surface area contributed by atoms with Gasteiger partial charge >= 0.3 is 5.97 Å². The van der Waals surface area contributed by atoms with Gasteiger partial charge in [0.25, 0.3) is 5.89 Å². The van der Waals surface area contributed by atoms with E-state index in [1.807, 2.05) is 4.90 Å². The number of ether oxygens (including phenoxy) is 1. The summed E-state index contributed by atoms with van der Waals surface area (Å²) in [6.45, 7) is 3.46. The Morgan fingerprint density at radius 3 is 2.78 bits per heavy atom. The SMILES string of the molecule is CC1CCC(OC(=O)C2CCN(c3oc(-c4ccco4)nc3C#N)CC2)C1. The summed E-state index contributed by atoms with van der Waals surface area (Å²) in [6.07, 6.45) is 6.07. The van der Waals surface area contributed by atoms with Crippen LogP contribution in [-0.4, -0.2) is 30.1 Å². The average molecular weight is 369 g/mol. The van der Waals surface area contributed by atoms with E-state index in [1.165, 1.54) is 6.26 Å². The van der Waals surface area contributed by atoms with E-state index in [2.05, 4.69) is 18.0 Å². The van der Waals surface area contributed by atoms with Crippen LogP contribution < -0.4 is 4.90 Å². The molecule has 2 aromatic rings. The van der Waals surface area contributed by atoms with Gasteiger partial charge in [0.1, 0.15) is 12.2 Å². The number of aromatic nitrogens is 1. The first-order valence-electron chi connectivity index (χ1n) is 9.54. The van der Waals surface area contributed by atoms with E-state index in [9.17, 15) is 10.1 Å². The molecule has 7 heteroatoms. The molecule has 2 aliphatic rings. The molecule has 4 rings (SSSR count). The van der Waals surface area contributed by atoms with Gasteiger partial charge < -0.3 is 18.5 Å². The second kappa shape index (κ2) is 7.47. The smallest absolute Gasteiger partial charge is 0.309 e. The van der Waals surface area contributed by atoms with Gasteiger partial charge in [-0.3, -0.25) is 4.79 Å². The summed E-state index contributed by atoms with van der Waals surface area (Å²) in [5.74, 6) is 1.70. The Bertz CT molecular complexity index is 828. The number of anilines is 1. The molecule has 1 aliphatic carbocycles. The topological polar surface area (TPSA) is 92.5 Å². The molecule has 2 unspecified atom stereocenters. The lowest BCUT2D eigenvalue weighted by Crippen LogP contribution is -2.37. The van der Waals surface area contributed by atoms with Crippen molar-refractivity contribution in [2.24, 2.45) is 11.8 Å². The van der Waals surface area contributed by atoms with Crippen molar-refractivity contribution in [3.8, 4) is 17.7 Å². The molecule has 0 aromatic carbocycles. The first-order valence-corrected chi connectivity index (χ1v) is 9.54. The minimum absolute atomic E-state index is 0.0805. The fourth-order valence-corrected chi connectivity index (χ4v) is 3.95. The summed E-state index contributed by atoms with van der Waals surface area (Å²) in [5.41, 5.74) is 0.238. The molecule has 142 valence electrons. The molecule has 2 atom stereocenters. The second-order valence-electron chi connectivity index (χ2n) is 7.50. The van der Waals surface area contributed by atoms with Gasteiger partial charge in [-0.05, 0) is 50.2 Å². The zero-order chi connectivity index (χ0) is 18.8. The molecule has 1 aliphatic heterocycles. The Kier molecular flexibility index (Phi) is 4.88. The molecular weight excluding hydrogens is 346 g/mol. The van der Waals surface area contributed by atoms with Crippen molar-refractivity contribution >= 4 is 11.9 Å². The molecule has 27 heavy (non-hydrogen) atoms. The van der Waals surface area contributed by atoms with E-state index in [0.29, 0.717) is 49.4 Å². The second-order valence-corrected chi connectivity index (χ2v) is 7.50. The van der Waals surface area contributed by atoms with Crippen LogP contribution in [0.2, 0.25) is 0 Å². The number of oxazole rings is 1. The Balaban J connectivity index is 1.38. The van der Waals surface area contributed by atoms with Gasteiger partial charge in [-0.25, -0.2) is 0 Å². The number of rotatable bonds is 4. The van der Waals surface area contributed by atoms with Crippen LogP contribution in [0.5, 0.6) is 0 Å². The third kappa shape index (κ3) is 3.70. The molecule has 7 nitrogen and oxygen atoms in total. The highest BCUT2D eigenvalue weighted by molar-refractivity contribution is 5.73. The molecule has 0 amide bonds. The lowest BCUT2D eigenvalue weighted by molar-refractivity contribution is -0.154. The highest BCUT2D eigenvalue weighted by atomic mass is 16.5. The largest absolute Gasteiger partial charge is 0.462 e. The zero-order valence-electron chi connectivity index (χ0n) is 15.4. The number of carbonyl (C=O) groups is 1. The minimum atomic E-state index is -0.0878. The fourth-order valence-electron chi connectivity index (χ4n) is 3.95. The van der Waals surface area contributed by atoms with Gasteiger partial charge in [-0.15, -0.1) is 0 Å². The lowest BCUT2D eigenvalue weighted by Gasteiger charge is -2.31. The number of esters is 1. The first-order chi connectivity index (χ1) is 13.1. The van der Waals surface area contributed by atoms with E-state index in [0.717, 1.165) is 19.3 Å². The zero-order valence-corrected chi connectivity index (χ0v) is 15.4. The molecule has 0 N–H and O–H groups in total. The summed E-state index contributed by atoms with van der Waals surface area (Å²) in [5, 5.41) is 9.38. The van der Waals surface area contributed by atoms with E-state index in [1.54, 1.807) is 12.1 Å². The van der Waals surface area contributed by atoms with E-state index in [-0.39, 0.29) is 23.7 Å². The molecule has 0 radical (unpaired) electrons. The van der Waals surface area contributed by atoms with Gasteiger partial charge in [0.05, 0.1) is 12.2 Å². The summed E-state index contributed by atoms with van der Waals surface area (Å²) in [4.78, 5) is 18.6. The van der Waals surface area contributed by atoms with Crippen LogP contribution >= 0.6 is 0 Å². The van der Waals surface area contributed by atoms with Crippen molar-refractivity contribution < 1.29 is 18.4 Å². The normalized spacial score (nSPS) is 23.3. The number of nitriles is 1. The molecule has 2 aromatic heterocycles. The maximum absolute atomic E-state index is 12.4. The maximum atomic E-state index is 12.4. The highest BCUT2D eigenvalue weighted by Gasteiger charge is 2.32. The van der Waals surface area contributed by atoms with Crippen molar-refractivity contribution in [2.75, 3.05) is 18.0 Å². The maximum Gasteiger partial charge on any atom is 0.309 e. The molecule has 0 bridgehead atoms. The van der Waals surface area contributed by atoms with Crippen molar-refractivity contribution in [3.63, 3.8) is 0 Å². The van der Waals surface area contributed by atoms with Crippen molar-refractivity contribution in [2.45, 2.75) is 45.1 Å². The van der Waals surface area contributed by atoms with E-state index in [4.69, 9.17) is 13.6 Å². The molecule has 1 saturated carbocycles. The van der Waals surface area contributed by atoms with Gasteiger partial charge in [0.15, 0.2) is 5.76 Å². The van der Waals surface area contributed by atoms with Gasteiger partial charge in [-0.2, -0.15) is 10.2 Å². The highest BCUT2D eigenvalue weighted by Crippen LogP contribution is 2.32. The fraction of sp³-hybridized carbons (Fsp3) is 0.550. The van der Waals surface area contributed by atoms with Crippen molar-refractivity contribution in [3.05, 3.63) is 24.1 Å². The van der Waals surface area contributed by atoms with Crippen LogP contribution in [0.1, 0.15) is 44.7 Å². The van der Waals surface area contributed by atoms with E-state index < -0.39 is 0 Å². The molecule has 1 saturated heterocycles. The summed E-state index contributed by atoms with van der Waals surface area (Å²) in [7, 11) is 0. The van der Waals surface area contributed by atoms with Gasteiger partial charge in [0, 0.05) is 13.1 Å². The molecular formula is C20H23N3O4. The van der Waals surface area contributed by atoms with Crippen LogP contribution in [0.15, 0.2) is 27.2 Å². The average Bonchev–Trinajstić information content (AvgIpc) is 3.42. The first kappa shape index (κ1) is 17.7. The molecule has 2 fully saturated rings. The number of piperidine rings is 1. The minimum Gasteiger partial charge on any atom is -0.462 e. The summed E-state index contributed by atoms with van der Waals surface area (Å²) >= 11 is 0. The van der Waals surface area contributed by atoms with Crippen LogP contribution in [0.4, 0.5) is 5.88 Å². The lowest BCUT2D eigenvalue weighted by atomic mass is 9.97. The Morgan fingerprint density at radius 1 is 1.33 bits per heavy atom. The number of hydrogen-bond acceptors (Lipinski definition) is 7. The third-order valence-electron chi connectivity index (χ3n) is 5.49. The number of carbonyl (C=O) groups excluding carboxylic acids is 1. The number of nitrogens with zero attached hydrogens (tertiary/aromatic N) is 3.